The van der Waals surface area contributed by atoms with Crippen LogP contribution in [0.2, 0.25) is 6.04 Å². The maximum Gasteiger partial charge on any atom is 0.498 e. The summed E-state index contributed by atoms with van der Waals surface area (Å²) >= 11 is 0. The molecule has 0 unspecified atom stereocenters. The predicted molar refractivity (Wildman–Crippen MR) is 86.4 cm³/mol. The number of halogens is 5. The first kappa shape index (κ1) is 23.5. The highest BCUT2D eigenvalue weighted by Crippen LogP contribution is 2.24. The lowest BCUT2D eigenvalue weighted by molar-refractivity contribution is 0.0389. The van der Waals surface area contributed by atoms with Gasteiger partial charge in [0.05, 0.1) is 6.61 Å². The smallest absolute Gasteiger partial charge is 0.462 e. The topological polar surface area (TPSA) is 65.0 Å². The first-order chi connectivity index (χ1) is 12.4. The Balaban J connectivity index is 2.76. The summed E-state index contributed by atoms with van der Waals surface area (Å²) in [7, 11) is -3.58. The second-order valence-electron chi connectivity index (χ2n) is 6.23. The van der Waals surface area contributed by atoms with Crippen molar-refractivity contribution in [1.82, 2.24) is 0 Å². The number of benzene rings is 1. The third-order valence-corrected chi connectivity index (χ3v) is 5.79. The molecule has 1 aromatic rings. The van der Waals surface area contributed by atoms with E-state index >= 15 is 0 Å². The van der Waals surface area contributed by atoms with Crippen LogP contribution in [0.15, 0.2) is 0 Å². The van der Waals surface area contributed by atoms with E-state index in [1.807, 2.05) is 0 Å². The number of esters is 1. The zero-order valence-corrected chi connectivity index (χ0v) is 16.2. The highest BCUT2D eigenvalue weighted by atomic mass is 28.4. The fourth-order valence-electron chi connectivity index (χ4n) is 2.20. The molecule has 0 heterocycles. The summed E-state index contributed by atoms with van der Waals surface area (Å²) in [6, 6.07) is -0.0340. The van der Waals surface area contributed by atoms with Gasteiger partial charge in [-0.05, 0) is 34.1 Å². The molecule has 154 valence electrons. The largest absolute Gasteiger partial charge is 0.498 e. The highest BCUT2D eigenvalue weighted by molar-refractivity contribution is 6.59. The van der Waals surface area contributed by atoms with E-state index in [4.69, 9.17) is 8.85 Å². The Morgan fingerprint density at radius 1 is 0.889 bits per heavy atom. The number of hydrogen-bond acceptors (Lipinski definition) is 5. The molecule has 27 heavy (non-hydrogen) atoms. The lowest BCUT2D eigenvalue weighted by Gasteiger charge is -2.28. The van der Waals surface area contributed by atoms with Crippen LogP contribution in [-0.4, -0.2) is 38.4 Å². The zero-order chi connectivity index (χ0) is 20.9. The van der Waals surface area contributed by atoms with Gasteiger partial charge in [0.25, 0.3) is 0 Å². The summed E-state index contributed by atoms with van der Waals surface area (Å²) in [4.78, 5) is 22.1. The van der Waals surface area contributed by atoms with Crippen molar-refractivity contribution in [2.24, 2.45) is 0 Å². The minimum absolute atomic E-state index is 0.0106. The van der Waals surface area contributed by atoms with Gasteiger partial charge in [-0.2, -0.15) is 0 Å². The van der Waals surface area contributed by atoms with Crippen molar-refractivity contribution < 1.29 is 45.1 Å². The van der Waals surface area contributed by atoms with Crippen LogP contribution in [-0.2, 0) is 13.6 Å². The van der Waals surface area contributed by atoms with E-state index in [1.54, 1.807) is 27.7 Å². The minimum Gasteiger partial charge on any atom is -0.462 e. The van der Waals surface area contributed by atoms with Gasteiger partial charge in [0.15, 0.2) is 23.3 Å². The molecule has 0 aliphatic carbocycles. The van der Waals surface area contributed by atoms with Crippen molar-refractivity contribution in [3.63, 3.8) is 0 Å². The van der Waals surface area contributed by atoms with Crippen LogP contribution in [0.5, 0.6) is 0 Å². The van der Waals surface area contributed by atoms with Gasteiger partial charge in [-0.3, -0.25) is 0 Å². The van der Waals surface area contributed by atoms with Gasteiger partial charge in [0, 0.05) is 18.3 Å². The Hall–Kier alpha value is -1.56. The molecular weight excluding hydrogens is 395 g/mol. The summed E-state index contributed by atoms with van der Waals surface area (Å²) in [6.45, 7) is 6.29. The third kappa shape index (κ3) is 6.23. The molecule has 1 aromatic carbocycles. The molecule has 0 fully saturated rings. The van der Waals surface area contributed by atoms with E-state index in [1.165, 1.54) is 0 Å². The second kappa shape index (κ2) is 9.58. The molecule has 1 rings (SSSR count). The van der Waals surface area contributed by atoms with Crippen molar-refractivity contribution in [1.29, 1.82) is 0 Å². The van der Waals surface area contributed by atoms with Gasteiger partial charge in [-0.25, -0.2) is 26.7 Å². The zero-order valence-electron chi connectivity index (χ0n) is 15.2. The van der Waals surface area contributed by atoms with Crippen LogP contribution < -0.4 is 0 Å². The first-order valence-electron chi connectivity index (χ1n) is 8.16. The summed E-state index contributed by atoms with van der Waals surface area (Å²) in [5.74, 6) is -13.1. The lowest BCUT2D eigenvalue weighted by atomic mass is 10.1. The molecule has 0 radical (unpaired) electrons. The summed E-state index contributed by atoms with van der Waals surface area (Å²) in [5.41, 5.74) is -1.67. The summed E-state index contributed by atoms with van der Waals surface area (Å²) < 4.78 is 81.7. The molecule has 0 aliphatic rings. The fraction of sp³-hybridized carbons (Fsp3) is 0.562. The standard InChI is InChI=1S/C16H21F5O5Si/c1-8(2)25-27(23,26-9(3)4)7-5-6-24-16(22)10-11(17)13(19)15(21)14(20)12(10)18/h8-9,23H,5-7H2,1-4H3. The maximum absolute atomic E-state index is 13.5. The van der Waals surface area contributed by atoms with Crippen LogP contribution in [0.4, 0.5) is 22.0 Å². The third-order valence-electron chi connectivity index (χ3n) is 3.12. The Morgan fingerprint density at radius 3 is 1.70 bits per heavy atom. The van der Waals surface area contributed by atoms with E-state index in [0.29, 0.717) is 0 Å². The highest BCUT2D eigenvalue weighted by Gasteiger charge is 2.39. The molecule has 0 atom stereocenters. The van der Waals surface area contributed by atoms with Gasteiger partial charge in [0.2, 0.25) is 5.82 Å². The average molecular weight is 416 g/mol. The quantitative estimate of drug-likeness (QED) is 0.166. The number of carbonyl (C=O) groups excluding carboxylic acids is 1. The lowest BCUT2D eigenvalue weighted by Crippen LogP contribution is -2.46. The Kier molecular flexibility index (Phi) is 8.33. The fourth-order valence-corrected chi connectivity index (χ4v) is 4.55. The monoisotopic (exact) mass is 416 g/mol. The van der Waals surface area contributed by atoms with Crippen LogP contribution in [0.25, 0.3) is 0 Å². The molecule has 0 spiro atoms. The van der Waals surface area contributed by atoms with Crippen molar-refractivity contribution in [2.45, 2.75) is 52.4 Å². The van der Waals surface area contributed by atoms with Gasteiger partial charge in [0.1, 0.15) is 5.56 Å². The first-order valence-corrected chi connectivity index (χ1v) is 10.1. The van der Waals surface area contributed by atoms with Gasteiger partial charge >= 0.3 is 14.8 Å². The van der Waals surface area contributed by atoms with Gasteiger partial charge in [-0.1, -0.05) is 0 Å². The number of carbonyl (C=O) groups is 1. The number of ether oxygens (including phenoxy) is 1. The van der Waals surface area contributed by atoms with E-state index < -0.39 is 56.0 Å². The van der Waals surface area contributed by atoms with Crippen LogP contribution in [0.1, 0.15) is 44.5 Å². The molecule has 1 N–H and O–H groups in total. The van der Waals surface area contributed by atoms with E-state index in [0.717, 1.165) is 0 Å². The van der Waals surface area contributed by atoms with Crippen LogP contribution in [0, 0.1) is 29.1 Å². The molecule has 11 heteroatoms. The molecule has 0 aromatic heterocycles. The van der Waals surface area contributed by atoms with Crippen LogP contribution >= 0.6 is 0 Å². The molecule has 0 saturated heterocycles. The molecule has 0 aliphatic heterocycles. The number of hydrogen-bond donors (Lipinski definition) is 1. The molecule has 0 bridgehead atoms. The summed E-state index contributed by atoms with van der Waals surface area (Å²) in [6.07, 6.45) is -0.684. The Labute approximate surface area is 154 Å². The molecule has 5 nitrogen and oxygen atoms in total. The van der Waals surface area contributed by atoms with E-state index in [9.17, 15) is 31.5 Å². The predicted octanol–water partition coefficient (Wildman–Crippen LogP) is 3.71. The van der Waals surface area contributed by atoms with Crippen molar-refractivity contribution in [3.05, 3.63) is 34.6 Å². The average Bonchev–Trinajstić information content (AvgIpc) is 2.53. The molecular formula is C16H21F5O5Si. The van der Waals surface area contributed by atoms with Crippen LogP contribution in [0.3, 0.4) is 0 Å². The Bertz CT molecular complexity index is 645. The number of rotatable bonds is 9. The van der Waals surface area contributed by atoms with E-state index in [2.05, 4.69) is 4.74 Å². The minimum atomic E-state index is -3.58. The van der Waals surface area contributed by atoms with Crippen molar-refractivity contribution >= 4 is 14.8 Å². The van der Waals surface area contributed by atoms with Crippen molar-refractivity contribution in [2.75, 3.05) is 6.61 Å². The summed E-state index contributed by atoms with van der Waals surface area (Å²) in [5, 5.41) is 0. The van der Waals surface area contributed by atoms with Gasteiger partial charge in [-0.15, -0.1) is 0 Å². The second-order valence-corrected chi connectivity index (χ2v) is 8.63. The van der Waals surface area contributed by atoms with Gasteiger partial charge < -0.3 is 18.4 Å². The van der Waals surface area contributed by atoms with E-state index in [-0.39, 0.29) is 24.7 Å². The SMILES string of the molecule is CC(C)O[Si](O)(CCCOC(=O)c1c(F)c(F)c(F)c(F)c1F)OC(C)C. The van der Waals surface area contributed by atoms with Crippen molar-refractivity contribution in [3.8, 4) is 0 Å². The Morgan fingerprint density at radius 2 is 1.30 bits per heavy atom. The molecule has 0 saturated carbocycles. The normalized spacial score (nSPS) is 12.1. The maximum atomic E-state index is 13.5. The molecule has 0 amide bonds.